The lowest BCUT2D eigenvalue weighted by Gasteiger charge is -2.04. The molecule has 0 aromatic rings. The molecule has 0 aliphatic carbocycles. The fraction of sp³-hybridized carbons (Fsp3) is 0.947. The van der Waals surface area contributed by atoms with Crippen molar-refractivity contribution in [1.29, 1.82) is 0 Å². The Balaban J connectivity index is 0. The predicted octanol–water partition coefficient (Wildman–Crippen LogP) is 6.82. The summed E-state index contributed by atoms with van der Waals surface area (Å²) in [5.41, 5.74) is 0. The molecular formula is C19H40O2. The Bertz CT molecular complexity index is 212. The summed E-state index contributed by atoms with van der Waals surface area (Å²) in [6.45, 7) is 4.61. The predicted molar refractivity (Wildman–Crippen MR) is 93.8 cm³/mol. The zero-order valence-corrected chi connectivity index (χ0v) is 13.8. The lowest BCUT2D eigenvalue weighted by molar-refractivity contribution is -0.137. The molecule has 0 saturated heterocycles. The zero-order valence-electron chi connectivity index (χ0n) is 13.8. The van der Waals surface area contributed by atoms with Crippen molar-refractivity contribution in [3.63, 3.8) is 0 Å². The molecule has 0 rings (SSSR count). The first kappa shape index (κ1) is 22.7. The van der Waals surface area contributed by atoms with Crippen molar-refractivity contribution in [1.82, 2.24) is 0 Å². The Morgan fingerprint density at radius 1 is 0.714 bits per heavy atom. The van der Waals surface area contributed by atoms with Gasteiger partial charge in [0.05, 0.1) is 0 Å². The van der Waals surface area contributed by atoms with Crippen molar-refractivity contribution in [3.05, 3.63) is 0 Å². The van der Waals surface area contributed by atoms with Crippen LogP contribution < -0.4 is 0 Å². The Labute approximate surface area is 133 Å². The fourth-order valence-corrected chi connectivity index (χ4v) is 2.60. The van der Waals surface area contributed by atoms with Crippen LogP contribution in [0.3, 0.4) is 0 Å². The number of aliphatic carboxylic acids is 1. The SMILES string of the molecule is C.CC(C)CCCCCCCCCCCCCCC(=O)O. The molecule has 0 spiro atoms. The summed E-state index contributed by atoms with van der Waals surface area (Å²) in [7, 11) is 0. The number of unbranched alkanes of at least 4 members (excludes halogenated alkanes) is 11. The highest BCUT2D eigenvalue weighted by atomic mass is 16.4. The first-order valence-corrected chi connectivity index (χ1v) is 8.84. The van der Waals surface area contributed by atoms with Gasteiger partial charge in [-0.1, -0.05) is 98.3 Å². The van der Waals surface area contributed by atoms with Crippen LogP contribution in [0.1, 0.15) is 111 Å². The molecule has 0 aromatic heterocycles. The van der Waals surface area contributed by atoms with Crippen LogP contribution in [0.15, 0.2) is 0 Å². The van der Waals surface area contributed by atoms with E-state index in [0.29, 0.717) is 6.42 Å². The van der Waals surface area contributed by atoms with Crippen molar-refractivity contribution in [2.24, 2.45) is 5.92 Å². The van der Waals surface area contributed by atoms with Crippen molar-refractivity contribution in [3.8, 4) is 0 Å². The van der Waals surface area contributed by atoms with Gasteiger partial charge in [-0.15, -0.1) is 0 Å². The molecule has 21 heavy (non-hydrogen) atoms. The minimum absolute atomic E-state index is 0. The maximum Gasteiger partial charge on any atom is 0.303 e. The summed E-state index contributed by atoms with van der Waals surface area (Å²) in [5, 5.41) is 8.52. The first-order valence-electron chi connectivity index (χ1n) is 8.84. The van der Waals surface area contributed by atoms with Crippen molar-refractivity contribution in [2.45, 2.75) is 111 Å². The molecule has 2 nitrogen and oxygen atoms in total. The maximum absolute atomic E-state index is 10.3. The summed E-state index contributed by atoms with van der Waals surface area (Å²) in [5.74, 6) is 0.212. The monoisotopic (exact) mass is 300 g/mol. The van der Waals surface area contributed by atoms with Crippen LogP contribution in [0.2, 0.25) is 0 Å². The topological polar surface area (TPSA) is 37.3 Å². The third-order valence-electron chi connectivity index (χ3n) is 3.92. The second kappa shape index (κ2) is 17.5. The third-order valence-corrected chi connectivity index (χ3v) is 3.92. The molecule has 0 radical (unpaired) electrons. The number of carbonyl (C=O) groups is 1. The van der Waals surface area contributed by atoms with Gasteiger partial charge in [0, 0.05) is 6.42 Å². The smallest absolute Gasteiger partial charge is 0.303 e. The molecule has 0 saturated carbocycles. The Morgan fingerprint density at radius 2 is 1.05 bits per heavy atom. The molecular weight excluding hydrogens is 260 g/mol. The Morgan fingerprint density at radius 3 is 1.38 bits per heavy atom. The van der Waals surface area contributed by atoms with Gasteiger partial charge in [-0.05, 0) is 12.3 Å². The average molecular weight is 301 g/mol. The number of hydrogen-bond donors (Lipinski definition) is 1. The molecule has 0 amide bonds. The van der Waals surface area contributed by atoms with Crippen LogP contribution in [0.25, 0.3) is 0 Å². The van der Waals surface area contributed by atoms with E-state index in [1.807, 2.05) is 0 Å². The van der Waals surface area contributed by atoms with Crippen molar-refractivity contribution in [2.75, 3.05) is 0 Å². The number of carboxylic acids is 1. The number of rotatable bonds is 15. The van der Waals surface area contributed by atoms with E-state index in [4.69, 9.17) is 5.11 Å². The van der Waals surface area contributed by atoms with E-state index in [-0.39, 0.29) is 7.43 Å². The zero-order chi connectivity index (χ0) is 15.1. The van der Waals surface area contributed by atoms with E-state index < -0.39 is 5.97 Å². The fourth-order valence-electron chi connectivity index (χ4n) is 2.60. The van der Waals surface area contributed by atoms with Crippen LogP contribution in [-0.2, 0) is 4.79 Å². The second-order valence-corrected chi connectivity index (χ2v) is 6.57. The second-order valence-electron chi connectivity index (χ2n) is 6.57. The maximum atomic E-state index is 10.3. The molecule has 128 valence electrons. The van der Waals surface area contributed by atoms with E-state index in [1.165, 1.54) is 70.6 Å². The minimum Gasteiger partial charge on any atom is -0.481 e. The van der Waals surface area contributed by atoms with E-state index >= 15 is 0 Å². The minimum atomic E-state index is -0.654. The molecule has 0 bridgehead atoms. The van der Waals surface area contributed by atoms with Crippen LogP contribution in [0, 0.1) is 5.92 Å². The van der Waals surface area contributed by atoms with Crippen LogP contribution in [0.5, 0.6) is 0 Å². The van der Waals surface area contributed by atoms with E-state index in [1.54, 1.807) is 0 Å². The molecule has 0 heterocycles. The molecule has 0 atom stereocenters. The molecule has 0 unspecified atom stereocenters. The molecule has 0 aliphatic heterocycles. The lowest BCUT2D eigenvalue weighted by Crippen LogP contribution is -1.93. The van der Waals surface area contributed by atoms with Gasteiger partial charge in [-0.2, -0.15) is 0 Å². The average Bonchev–Trinajstić information content (AvgIpc) is 2.38. The molecule has 2 heteroatoms. The highest BCUT2D eigenvalue weighted by molar-refractivity contribution is 5.66. The Kier molecular flexibility index (Phi) is 19.0. The van der Waals surface area contributed by atoms with E-state index in [2.05, 4.69) is 13.8 Å². The first-order chi connectivity index (χ1) is 9.63. The van der Waals surface area contributed by atoms with Gasteiger partial charge < -0.3 is 5.11 Å². The van der Waals surface area contributed by atoms with E-state index in [0.717, 1.165) is 18.8 Å². The van der Waals surface area contributed by atoms with Crippen molar-refractivity contribution < 1.29 is 9.90 Å². The number of hydrogen-bond acceptors (Lipinski definition) is 1. The van der Waals surface area contributed by atoms with Gasteiger partial charge in [-0.25, -0.2) is 0 Å². The van der Waals surface area contributed by atoms with Crippen LogP contribution >= 0.6 is 0 Å². The highest BCUT2D eigenvalue weighted by Crippen LogP contribution is 2.14. The largest absolute Gasteiger partial charge is 0.481 e. The van der Waals surface area contributed by atoms with Gasteiger partial charge in [0.1, 0.15) is 0 Å². The van der Waals surface area contributed by atoms with Gasteiger partial charge in [0.15, 0.2) is 0 Å². The summed E-state index contributed by atoms with van der Waals surface area (Å²) >= 11 is 0. The summed E-state index contributed by atoms with van der Waals surface area (Å²) in [4.78, 5) is 10.3. The molecule has 1 N–H and O–H groups in total. The molecule has 0 fully saturated rings. The highest BCUT2D eigenvalue weighted by Gasteiger charge is 1.97. The summed E-state index contributed by atoms with van der Waals surface area (Å²) in [6, 6.07) is 0. The van der Waals surface area contributed by atoms with Crippen LogP contribution in [0.4, 0.5) is 0 Å². The van der Waals surface area contributed by atoms with Crippen molar-refractivity contribution >= 4 is 5.97 Å². The van der Waals surface area contributed by atoms with Gasteiger partial charge in [0.2, 0.25) is 0 Å². The normalized spacial score (nSPS) is 10.6. The Hall–Kier alpha value is -0.530. The van der Waals surface area contributed by atoms with Gasteiger partial charge in [-0.3, -0.25) is 4.79 Å². The molecule has 0 aliphatic rings. The van der Waals surface area contributed by atoms with Crippen LogP contribution in [-0.4, -0.2) is 11.1 Å². The third kappa shape index (κ3) is 21.9. The molecule has 0 aromatic carbocycles. The lowest BCUT2D eigenvalue weighted by atomic mass is 10.0. The standard InChI is InChI=1S/C18H36O2.CH4/c1-17(2)15-13-11-9-7-5-3-4-6-8-10-12-14-16-18(19)20;/h17H,3-16H2,1-2H3,(H,19,20);1H4. The number of carboxylic acid groups (broad SMARTS) is 1. The van der Waals surface area contributed by atoms with E-state index in [9.17, 15) is 4.79 Å². The van der Waals surface area contributed by atoms with Gasteiger partial charge in [0.25, 0.3) is 0 Å². The summed E-state index contributed by atoms with van der Waals surface area (Å²) in [6.07, 6.45) is 17.3. The van der Waals surface area contributed by atoms with Gasteiger partial charge >= 0.3 is 5.97 Å². The quantitative estimate of drug-likeness (QED) is 0.337. The summed E-state index contributed by atoms with van der Waals surface area (Å²) < 4.78 is 0.